The van der Waals surface area contributed by atoms with Crippen molar-refractivity contribution in [1.82, 2.24) is 20.1 Å². The van der Waals surface area contributed by atoms with Crippen LogP contribution in [0.3, 0.4) is 0 Å². The fourth-order valence-electron chi connectivity index (χ4n) is 2.06. The van der Waals surface area contributed by atoms with Crippen molar-refractivity contribution in [2.45, 2.75) is 10.8 Å². The standard InChI is InChI=1S/C15H9ClN4OS2/c16-10-4-2-1-3-9(10)14-19-12(20-21-14)7-23-15-13-11(5-6-22-13)17-8-18-15/h1-6,8H,7H2. The molecule has 0 aliphatic heterocycles. The van der Waals surface area contributed by atoms with E-state index < -0.39 is 0 Å². The van der Waals surface area contributed by atoms with Crippen LogP contribution in [-0.4, -0.2) is 20.1 Å². The molecule has 0 unspecified atom stereocenters. The second kappa shape index (κ2) is 6.27. The summed E-state index contributed by atoms with van der Waals surface area (Å²) in [6.07, 6.45) is 1.57. The van der Waals surface area contributed by atoms with Crippen molar-refractivity contribution < 1.29 is 4.52 Å². The van der Waals surface area contributed by atoms with E-state index in [1.165, 1.54) is 0 Å². The molecule has 0 saturated heterocycles. The van der Waals surface area contributed by atoms with Crippen LogP contribution in [0, 0.1) is 0 Å². The Labute approximate surface area is 144 Å². The first kappa shape index (κ1) is 14.6. The molecule has 0 fully saturated rings. The van der Waals surface area contributed by atoms with Crippen LogP contribution in [0.5, 0.6) is 0 Å². The first-order chi connectivity index (χ1) is 11.3. The number of halogens is 1. The van der Waals surface area contributed by atoms with Crippen LogP contribution in [0.25, 0.3) is 21.7 Å². The number of aromatic nitrogens is 4. The van der Waals surface area contributed by atoms with Crippen LogP contribution in [0.4, 0.5) is 0 Å². The molecule has 0 spiro atoms. The summed E-state index contributed by atoms with van der Waals surface area (Å²) in [6.45, 7) is 0. The lowest BCUT2D eigenvalue weighted by atomic mass is 10.2. The summed E-state index contributed by atoms with van der Waals surface area (Å²) in [6, 6.07) is 9.38. The van der Waals surface area contributed by atoms with Crippen molar-refractivity contribution in [1.29, 1.82) is 0 Å². The maximum absolute atomic E-state index is 6.15. The van der Waals surface area contributed by atoms with Crippen molar-refractivity contribution in [2.75, 3.05) is 0 Å². The largest absolute Gasteiger partial charge is 0.334 e. The molecule has 0 atom stereocenters. The summed E-state index contributed by atoms with van der Waals surface area (Å²) < 4.78 is 6.38. The Morgan fingerprint density at radius 2 is 2.09 bits per heavy atom. The van der Waals surface area contributed by atoms with Gasteiger partial charge in [0.25, 0.3) is 5.89 Å². The Morgan fingerprint density at radius 3 is 3.00 bits per heavy atom. The average molecular weight is 361 g/mol. The smallest absolute Gasteiger partial charge is 0.259 e. The molecule has 4 rings (SSSR count). The Balaban J connectivity index is 1.54. The Bertz CT molecular complexity index is 969. The van der Waals surface area contributed by atoms with Gasteiger partial charge in [0.2, 0.25) is 0 Å². The van der Waals surface area contributed by atoms with Crippen LogP contribution >= 0.6 is 34.7 Å². The van der Waals surface area contributed by atoms with Gasteiger partial charge in [0.15, 0.2) is 5.82 Å². The van der Waals surface area contributed by atoms with Gasteiger partial charge in [-0.05, 0) is 23.6 Å². The summed E-state index contributed by atoms with van der Waals surface area (Å²) in [4.78, 5) is 13.0. The Morgan fingerprint density at radius 1 is 1.17 bits per heavy atom. The van der Waals surface area contributed by atoms with Gasteiger partial charge in [-0.2, -0.15) is 4.98 Å². The number of benzene rings is 1. The minimum Gasteiger partial charge on any atom is -0.334 e. The topological polar surface area (TPSA) is 64.7 Å². The third kappa shape index (κ3) is 2.95. The van der Waals surface area contributed by atoms with Crippen LogP contribution in [0.2, 0.25) is 5.02 Å². The summed E-state index contributed by atoms with van der Waals surface area (Å²) in [7, 11) is 0. The monoisotopic (exact) mass is 360 g/mol. The van der Waals surface area contributed by atoms with Gasteiger partial charge in [-0.25, -0.2) is 9.97 Å². The molecule has 3 heterocycles. The highest BCUT2D eigenvalue weighted by molar-refractivity contribution is 7.98. The normalized spacial score (nSPS) is 11.2. The number of fused-ring (bicyclic) bond motifs is 1. The fraction of sp³-hybridized carbons (Fsp3) is 0.0667. The van der Waals surface area contributed by atoms with Gasteiger partial charge < -0.3 is 4.52 Å². The molecular weight excluding hydrogens is 352 g/mol. The van der Waals surface area contributed by atoms with Crippen molar-refractivity contribution in [3.63, 3.8) is 0 Å². The van der Waals surface area contributed by atoms with Crippen LogP contribution in [-0.2, 0) is 5.75 Å². The SMILES string of the molecule is Clc1ccccc1-c1nc(CSc2ncnc3ccsc23)no1. The third-order valence-corrected chi connectivity index (χ3v) is 5.48. The molecular formula is C15H9ClN4OS2. The molecule has 3 aromatic heterocycles. The van der Waals surface area contributed by atoms with E-state index in [-0.39, 0.29) is 0 Å². The highest BCUT2D eigenvalue weighted by Crippen LogP contribution is 2.31. The highest BCUT2D eigenvalue weighted by atomic mass is 35.5. The molecule has 114 valence electrons. The lowest BCUT2D eigenvalue weighted by Crippen LogP contribution is -1.87. The van der Waals surface area contributed by atoms with E-state index in [4.69, 9.17) is 16.1 Å². The van der Waals surface area contributed by atoms with E-state index in [0.717, 1.165) is 20.8 Å². The van der Waals surface area contributed by atoms with Gasteiger partial charge in [0, 0.05) is 0 Å². The summed E-state index contributed by atoms with van der Waals surface area (Å²) >= 11 is 9.33. The number of thiophene rings is 1. The van der Waals surface area contributed by atoms with E-state index in [1.807, 2.05) is 29.6 Å². The summed E-state index contributed by atoms with van der Waals surface area (Å²) in [5.74, 6) is 1.60. The van der Waals surface area contributed by atoms with Gasteiger partial charge in [0.1, 0.15) is 11.4 Å². The second-order valence-corrected chi connectivity index (χ2v) is 6.89. The number of thioether (sulfide) groups is 1. The van der Waals surface area contributed by atoms with E-state index in [0.29, 0.717) is 22.5 Å². The number of rotatable bonds is 4. The zero-order valence-corrected chi connectivity index (χ0v) is 14.0. The maximum Gasteiger partial charge on any atom is 0.259 e. The van der Waals surface area contributed by atoms with E-state index in [2.05, 4.69) is 20.1 Å². The van der Waals surface area contributed by atoms with Crippen molar-refractivity contribution in [3.05, 3.63) is 52.9 Å². The second-order valence-electron chi connectivity index (χ2n) is 4.60. The van der Waals surface area contributed by atoms with E-state index in [1.54, 1.807) is 35.5 Å². The zero-order chi connectivity index (χ0) is 15.6. The van der Waals surface area contributed by atoms with Crippen LogP contribution < -0.4 is 0 Å². The summed E-state index contributed by atoms with van der Waals surface area (Å²) in [5.41, 5.74) is 1.69. The Hall–Kier alpha value is -1.96. The number of hydrogen-bond acceptors (Lipinski definition) is 7. The number of nitrogens with zero attached hydrogens (tertiary/aromatic N) is 4. The fourth-order valence-corrected chi connectivity index (χ4v) is 4.06. The predicted octanol–water partition coefficient (Wildman–Crippen LogP) is 4.69. The molecule has 0 bridgehead atoms. The Kier molecular flexibility index (Phi) is 3.99. The van der Waals surface area contributed by atoms with Gasteiger partial charge in [-0.15, -0.1) is 11.3 Å². The molecule has 0 aliphatic carbocycles. The van der Waals surface area contributed by atoms with Crippen LogP contribution in [0.15, 0.2) is 51.6 Å². The first-order valence-electron chi connectivity index (χ1n) is 6.70. The van der Waals surface area contributed by atoms with Gasteiger partial charge >= 0.3 is 0 Å². The van der Waals surface area contributed by atoms with Crippen molar-refractivity contribution >= 4 is 44.9 Å². The maximum atomic E-state index is 6.15. The lowest BCUT2D eigenvalue weighted by molar-refractivity contribution is 0.425. The highest BCUT2D eigenvalue weighted by Gasteiger charge is 2.13. The zero-order valence-electron chi connectivity index (χ0n) is 11.6. The molecule has 0 amide bonds. The minimum absolute atomic E-state index is 0.426. The third-order valence-electron chi connectivity index (χ3n) is 3.12. The molecule has 4 aromatic rings. The van der Waals surface area contributed by atoms with Gasteiger partial charge in [-0.3, -0.25) is 0 Å². The molecule has 5 nitrogen and oxygen atoms in total. The number of hydrogen-bond donors (Lipinski definition) is 0. The van der Waals surface area contributed by atoms with Gasteiger partial charge in [0.05, 0.1) is 26.6 Å². The molecule has 0 saturated carbocycles. The van der Waals surface area contributed by atoms with E-state index >= 15 is 0 Å². The molecule has 0 aliphatic rings. The molecule has 1 aromatic carbocycles. The van der Waals surface area contributed by atoms with Crippen molar-refractivity contribution in [3.8, 4) is 11.5 Å². The molecule has 23 heavy (non-hydrogen) atoms. The first-order valence-corrected chi connectivity index (χ1v) is 8.94. The average Bonchev–Trinajstić information content (AvgIpc) is 3.22. The molecule has 0 radical (unpaired) electrons. The predicted molar refractivity (Wildman–Crippen MR) is 91.7 cm³/mol. The summed E-state index contributed by atoms with van der Waals surface area (Å²) in [5, 5.41) is 7.53. The molecule has 0 N–H and O–H groups in total. The molecule has 8 heteroatoms. The quantitative estimate of drug-likeness (QED) is 0.388. The van der Waals surface area contributed by atoms with Crippen molar-refractivity contribution in [2.24, 2.45) is 0 Å². The van der Waals surface area contributed by atoms with Crippen LogP contribution in [0.1, 0.15) is 5.82 Å². The lowest BCUT2D eigenvalue weighted by Gasteiger charge is -1.98. The van der Waals surface area contributed by atoms with Gasteiger partial charge in [-0.1, -0.05) is 40.7 Å². The van der Waals surface area contributed by atoms with E-state index in [9.17, 15) is 0 Å². The minimum atomic E-state index is 0.426.